The molecular weight excluding hydrogens is 401 g/mol. The van der Waals surface area contributed by atoms with E-state index >= 15 is 0 Å². The molecule has 0 saturated carbocycles. The van der Waals surface area contributed by atoms with E-state index in [9.17, 15) is 9.90 Å². The lowest BCUT2D eigenvalue weighted by atomic mass is 10.2. The van der Waals surface area contributed by atoms with Gasteiger partial charge in [0, 0.05) is 0 Å². The molecule has 0 aliphatic rings. The van der Waals surface area contributed by atoms with Crippen LogP contribution in [-0.4, -0.2) is 17.1 Å². The van der Waals surface area contributed by atoms with Crippen LogP contribution in [0.15, 0.2) is 121 Å². The minimum absolute atomic E-state index is 0.739. The highest BCUT2D eigenvalue weighted by atomic mass is 31.2. The highest BCUT2D eigenvalue weighted by Gasteiger charge is 2.54. The summed E-state index contributed by atoms with van der Waals surface area (Å²) in [6, 6.07) is 40.1. The molecule has 0 bridgehead atoms. The van der Waals surface area contributed by atoms with Gasteiger partial charge in [-0.2, -0.15) is 0 Å². The fraction of sp³-hybridized carbons (Fsp3) is 0.0741. The van der Waals surface area contributed by atoms with Gasteiger partial charge in [0.25, 0.3) is 0 Å². The summed E-state index contributed by atoms with van der Waals surface area (Å²) in [6.07, 6.45) is 0. The topological polar surface area (TPSA) is 40.5 Å². The van der Waals surface area contributed by atoms with Gasteiger partial charge in [0.05, 0.1) is 5.69 Å². The Balaban J connectivity index is 2.16. The number of rotatable bonds is 7. The van der Waals surface area contributed by atoms with Gasteiger partial charge in [-0.25, -0.2) is 9.46 Å². The summed E-state index contributed by atoms with van der Waals surface area (Å²) in [5.41, 5.74) is 0.891. The Labute approximate surface area is 184 Å². The number of anilines is 1. The molecule has 0 spiro atoms. The maximum Gasteiger partial charge on any atom is 0.329 e. The zero-order chi connectivity index (χ0) is 21.7. The average Bonchev–Trinajstić information content (AvgIpc) is 2.84. The van der Waals surface area contributed by atoms with Crippen LogP contribution in [0.1, 0.15) is 6.92 Å². The van der Waals surface area contributed by atoms with Gasteiger partial charge >= 0.3 is 5.97 Å². The van der Waals surface area contributed by atoms with Crippen molar-refractivity contribution < 1.29 is 9.90 Å². The van der Waals surface area contributed by atoms with E-state index < -0.39 is 19.4 Å². The highest BCUT2D eigenvalue weighted by Crippen LogP contribution is 2.61. The Hall–Kier alpha value is -3.42. The summed E-state index contributed by atoms with van der Waals surface area (Å²) in [4.78, 5) is 12.4. The average molecular weight is 426 g/mol. The van der Waals surface area contributed by atoms with Crippen LogP contribution in [0.4, 0.5) is 5.69 Å². The Morgan fingerprint density at radius 3 is 1.29 bits per heavy atom. The van der Waals surface area contributed by atoms with Gasteiger partial charge < -0.3 is 5.11 Å². The molecule has 4 aromatic rings. The summed E-state index contributed by atoms with van der Waals surface area (Å²) in [7, 11) is -2.54. The van der Waals surface area contributed by atoms with E-state index in [1.807, 2.05) is 84.9 Å². The molecule has 3 nitrogen and oxygen atoms in total. The van der Waals surface area contributed by atoms with Crippen LogP contribution < -0.4 is 20.6 Å². The monoisotopic (exact) mass is 426 g/mol. The van der Waals surface area contributed by atoms with Gasteiger partial charge in [-0.05, 0) is 55.5 Å². The lowest BCUT2D eigenvalue weighted by Gasteiger charge is -2.40. The minimum Gasteiger partial charge on any atom is -0.480 e. The molecule has 1 unspecified atom stereocenters. The number of para-hydroxylation sites is 1. The molecule has 0 aliphatic heterocycles. The van der Waals surface area contributed by atoms with Gasteiger partial charge in [-0.1, -0.05) is 72.8 Å². The first-order valence-electron chi connectivity index (χ1n) is 10.3. The van der Waals surface area contributed by atoms with Gasteiger partial charge in [0.15, 0.2) is 6.04 Å². The maximum atomic E-state index is 12.4. The molecule has 0 saturated heterocycles. The molecule has 1 N–H and O–H groups in total. The zero-order valence-electron chi connectivity index (χ0n) is 17.4. The number of aliphatic carboxylic acids is 1. The largest absolute Gasteiger partial charge is 0.480 e. The fourth-order valence-electron chi connectivity index (χ4n) is 4.09. The van der Waals surface area contributed by atoms with Crippen molar-refractivity contribution >= 4 is 35.0 Å². The molecule has 154 valence electrons. The lowest BCUT2D eigenvalue weighted by Crippen LogP contribution is -2.49. The predicted molar refractivity (Wildman–Crippen MR) is 131 cm³/mol. The van der Waals surface area contributed by atoms with Gasteiger partial charge in [0.2, 0.25) is 7.41 Å². The van der Waals surface area contributed by atoms with Crippen molar-refractivity contribution in [2.45, 2.75) is 13.0 Å². The molecule has 0 amide bonds. The van der Waals surface area contributed by atoms with Crippen LogP contribution in [0.5, 0.6) is 0 Å². The first-order chi connectivity index (χ1) is 15.2. The second kappa shape index (κ2) is 9.16. The Morgan fingerprint density at radius 2 is 0.968 bits per heavy atom. The fourth-order valence-corrected chi connectivity index (χ4v) is 8.64. The van der Waals surface area contributed by atoms with E-state index in [0.717, 1.165) is 21.6 Å². The third-order valence-corrected chi connectivity index (χ3v) is 9.82. The minimum atomic E-state index is -2.54. The normalized spacial score (nSPS) is 12.2. The molecule has 0 radical (unpaired) electrons. The van der Waals surface area contributed by atoms with Crippen LogP contribution in [-0.2, 0) is 4.79 Å². The Kier molecular flexibility index (Phi) is 6.16. The van der Waals surface area contributed by atoms with Crippen LogP contribution in [0, 0.1) is 0 Å². The number of carboxylic acid groups (broad SMARTS) is 1. The van der Waals surface area contributed by atoms with Crippen molar-refractivity contribution in [2.24, 2.45) is 0 Å². The first-order valence-corrected chi connectivity index (χ1v) is 12.0. The van der Waals surface area contributed by atoms with Crippen molar-refractivity contribution in [2.75, 3.05) is 4.67 Å². The van der Waals surface area contributed by atoms with Crippen LogP contribution in [0.2, 0.25) is 0 Å². The highest BCUT2D eigenvalue weighted by molar-refractivity contribution is 7.97. The van der Waals surface area contributed by atoms with Crippen LogP contribution >= 0.6 is 7.41 Å². The number of hydrogen-bond donors (Lipinski definition) is 1. The SMILES string of the molecule is CC(C(=O)O)N(c1ccccc1)[P+](c1ccccc1)(c1ccccc1)c1ccccc1. The predicted octanol–water partition coefficient (Wildman–Crippen LogP) is 4.88. The van der Waals surface area contributed by atoms with Gasteiger partial charge in [-0.15, -0.1) is 0 Å². The maximum absolute atomic E-state index is 12.4. The standard InChI is InChI=1S/C27H24NO2P/c1-22(27(29)30)28(23-14-6-2-7-15-23)31(24-16-8-3-9-17-24,25-18-10-4-11-19-25)26-20-12-5-13-21-26/h2-22H,1H3/p+1. The quantitative estimate of drug-likeness (QED) is 0.429. The second-order valence-corrected chi connectivity index (χ2v) is 10.6. The number of nitrogens with zero attached hydrogens (tertiary/aromatic N) is 1. The van der Waals surface area contributed by atoms with E-state index in [0.29, 0.717) is 0 Å². The molecule has 0 heterocycles. The van der Waals surface area contributed by atoms with Crippen molar-refractivity contribution in [3.05, 3.63) is 121 Å². The van der Waals surface area contributed by atoms with Gasteiger partial charge in [-0.3, -0.25) is 0 Å². The first kappa shape index (κ1) is 20.8. The summed E-state index contributed by atoms with van der Waals surface area (Å²) in [5, 5.41) is 13.5. The second-order valence-electron chi connectivity index (χ2n) is 7.34. The van der Waals surface area contributed by atoms with E-state index in [4.69, 9.17) is 0 Å². The Bertz CT molecular complexity index is 1020. The summed E-state index contributed by atoms with van der Waals surface area (Å²) < 4.78 is 2.13. The van der Waals surface area contributed by atoms with Crippen molar-refractivity contribution in [3.63, 3.8) is 0 Å². The van der Waals surface area contributed by atoms with Crippen LogP contribution in [0.3, 0.4) is 0 Å². The zero-order valence-corrected chi connectivity index (χ0v) is 18.3. The Morgan fingerprint density at radius 1 is 0.645 bits per heavy atom. The molecule has 4 aromatic carbocycles. The number of benzene rings is 4. The van der Waals surface area contributed by atoms with Crippen molar-refractivity contribution in [3.8, 4) is 0 Å². The van der Waals surface area contributed by atoms with Crippen molar-refractivity contribution in [1.29, 1.82) is 0 Å². The van der Waals surface area contributed by atoms with E-state index in [-0.39, 0.29) is 0 Å². The summed E-state index contributed by atoms with van der Waals surface area (Å²) in [5.74, 6) is -0.851. The molecule has 1 atom stereocenters. The number of carboxylic acids is 1. The van der Waals surface area contributed by atoms with E-state index in [1.54, 1.807) is 6.92 Å². The van der Waals surface area contributed by atoms with E-state index in [2.05, 4.69) is 41.1 Å². The van der Waals surface area contributed by atoms with Crippen molar-refractivity contribution in [1.82, 2.24) is 0 Å². The molecule has 0 fully saturated rings. The molecule has 0 aliphatic carbocycles. The molecule has 4 rings (SSSR count). The summed E-state index contributed by atoms with van der Waals surface area (Å²) in [6.45, 7) is 1.78. The third-order valence-electron chi connectivity index (χ3n) is 5.46. The molecule has 31 heavy (non-hydrogen) atoms. The summed E-state index contributed by atoms with van der Waals surface area (Å²) >= 11 is 0. The molecular formula is C27H25NO2P+. The molecule has 0 aromatic heterocycles. The van der Waals surface area contributed by atoms with Crippen LogP contribution in [0.25, 0.3) is 0 Å². The molecule has 4 heteroatoms. The van der Waals surface area contributed by atoms with Gasteiger partial charge in [0.1, 0.15) is 15.9 Å². The third kappa shape index (κ3) is 3.85. The smallest absolute Gasteiger partial charge is 0.329 e. The number of hydrogen-bond acceptors (Lipinski definition) is 2. The lowest BCUT2D eigenvalue weighted by molar-refractivity contribution is -0.137. The number of carbonyl (C=O) groups is 1. The van der Waals surface area contributed by atoms with E-state index in [1.165, 1.54) is 0 Å².